The minimum Gasteiger partial charge on any atom is -0.423 e. The Morgan fingerprint density at radius 2 is 0.607 bits per heavy atom. The Bertz CT molecular complexity index is 2410. The summed E-state index contributed by atoms with van der Waals surface area (Å²) in [4.78, 5) is 50.9. The summed E-state index contributed by atoms with van der Waals surface area (Å²) < 4.78 is 156. The molecule has 0 aliphatic carbocycles. The molecule has 56 heavy (non-hydrogen) atoms. The Kier molecular flexibility index (Phi) is 10.5. The van der Waals surface area contributed by atoms with Gasteiger partial charge in [0.2, 0.25) is 69.7 Å². The lowest BCUT2D eigenvalue weighted by Gasteiger charge is -2.10. The minimum atomic E-state index is -2.47. The van der Waals surface area contributed by atoms with E-state index < -0.39 is 105 Å². The van der Waals surface area contributed by atoms with Crippen LogP contribution in [0.15, 0.2) is 84.9 Å². The summed E-state index contributed by atoms with van der Waals surface area (Å²) in [6.45, 7) is 0. The second-order valence-electron chi connectivity index (χ2n) is 11.2. The Morgan fingerprint density at radius 1 is 0.321 bits per heavy atom. The van der Waals surface area contributed by atoms with E-state index >= 15 is 0 Å². The van der Waals surface area contributed by atoms with Crippen LogP contribution in [0.2, 0.25) is 0 Å². The molecular weight excluding hydrogens is 774 g/mol. The first-order chi connectivity index (χ1) is 26.5. The zero-order valence-corrected chi connectivity index (χ0v) is 27.1. The lowest BCUT2D eigenvalue weighted by atomic mass is 10.1. The van der Waals surface area contributed by atoms with Crippen LogP contribution in [-0.2, 0) is 0 Å². The Hall–Kier alpha value is -7.24. The van der Waals surface area contributed by atoms with Crippen molar-refractivity contribution in [3.8, 4) is 23.0 Å². The van der Waals surface area contributed by atoms with E-state index in [9.17, 15) is 63.1 Å². The number of ether oxygens (including phenoxy) is 4. The monoisotopic (exact) mass is 788 g/mol. The van der Waals surface area contributed by atoms with Crippen molar-refractivity contribution in [3.05, 3.63) is 165 Å². The third-order valence-corrected chi connectivity index (χ3v) is 7.60. The molecule has 0 N–H and O–H groups in total. The van der Waals surface area contributed by atoms with Gasteiger partial charge in [0.15, 0.2) is 0 Å². The molecule has 0 saturated heterocycles. The van der Waals surface area contributed by atoms with Crippen molar-refractivity contribution in [1.29, 1.82) is 0 Å². The van der Waals surface area contributed by atoms with Crippen LogP contribution in [0.1, 0.15) is 41.4 Å². The number of carbonyl (C=O) groups excluding carboxylic acids is 4. The topological polar surface area (TPSA) is 105 Å². The first-order valence-electron chi connectivity index (χ1n) is 15.2. The van der Waals surface area contributed by atoms with Crippen LogP contribution >= 0.6 is 0 Å². The van der Waals surface area contributed by atoms with Crippen LogP contribution in [0.25, 0.3) is 10.8 Å². The first kappa shape index (κ1) is 38.5. The second kappa shape index (κ2) is 15.2. The Balaban J connectivity index is 1.14. The molecule has 0 atom stereocenters. The van der Waals surface area contributed by atoms with Crippen LogP contribution in [0.3, 0.4) is 0 Å². The van der Waals surface area contributed by atoms with Crippen LogP contribution < -0.4 is 18.9 Å². The van der Waals surface area contributed by atoms with Gasteiger partial charge in [-0.2, -0.15) is 17.6 Å². The van der Waals surface area contributed by atoms with Crippen molar-refractivity contribution in [1.82, 2.24) is 0 Å². The SMILES string of the molecule is O=C(Oc1ccc2ccc(OC(=O)c3cccc(C(=O)Oc4c(F)c(F)c(F)c(F)c4F)c3)cc2c1)c1cccc(C(=O)Oc2c(F)c(F)c(F)c(F)c2F)c1. The summed E-state index contributed by atoms with van der Waals surface area (Å²) in [5.74, 6) is -33.1. The fourth-order valence-electron chi connectivity index (χ4n) is 4.86. The highest BCUT2D eigenvalue weighted by atomic mass is 19.2. The van der Waals surface area contributed by atoms with Crippen molar-refractivity contribution < 1.29 is 82.0 Å². The summed E-state index contributed by atoms with van der Waals surface area (Å²) >= 11 is 0. The van der Waals surface area contributed by atoms with Gasteiger partial charge in [0.05, 0.1) is 22.3 Å². The summed E-state index contributed by atoms with van der Waals surface area (Å²) in [5.41, 5.74) is -1.68. The summed E-state index contributed by atoms with van der Waals surface area (Å²) in [6, 6.07) is 16.8. The van der Waals surface area contributed by atoms with Crippen LogP contribution in [0.5, 0.6) is 23.0 Å². The molecule has 0 bridgehead atoms. The molecule has 0 radical (unpaired) electrons. The van der Waals surface area contributed by atoms with Gasteiger partial charge >= 0.3 is 23.9 Å². The van der Waals surface area contributed by atoms with Gasteiger partial charge in [-0.05, 0) is 71.4 Å². The highest BCUT2D eigenvalue weighted by Gasteiger charge is 2.30. The summed E-state index contributed by atoms with van der Waals surface area (Å²) in [7, 11) is 0. The minimum absolute atomic E-state index is 0.0830. The van der Waals surface area contributed by atoms with Gasteiger partial charge in [0.1, 0.15) is 11.5 Å². The smallest absolute Gasteiger partial charge is 0.343 e. The molecule has 6 aromatic rings. The molecule has 18 heteroatoms. The number of fused-ring (bicyclic) bond motifs is 1. The maximum absolute atomic E-state index is 14.0. The van der Waals surface area contributed by atoms with Gasteiger partial charge in [-0.1, -0.05) is 24.3 Å². The van der Waals surface area contributed by atoms with Gasteiger partial charge in [0, 0.05) is 0 Å². The van der Waals surface area contributed by atoms with E-state index in [1.54, 1.807) is 0 Å². The van der Waals surface area contributed by atoms with E-state index in [0.717, 1.165) is 36.4 Å². The van der Waals surface area contributed by atoms with E-state index in [0.29, 0.717) is 10.8 Å². The number of rotatable bonds is 8. The molecule has 0 unspecified atom stereocenters. The fourth-order valence-corrected chi connectivity index (χ4v) is 4.86. The van der Waals surface area contributed by atoms with E-state index in [4.69, 9.17) is 9.47 Å². The average molecular weight is 789 g/mol. The number of halogens is 10. The molecule has 284 valence electrons. The predicted molar refractivity (Wildman–Crippen MR) is 169 cm³/mol. The van der Waals surface area contributed by atoms with Crippen molar-refractivity contribution >= 4 is 34.6 Å². The Labute approximate surface area is 305 Å². The predicted octanol–water partition coefficient (Wildman–Crippen LogP) is 9.11. The van der Waals surface area contributed by atoms with Crippen molar-refractivity contribution in [3.63, 3.8) is 0 Å². The molecule has 6 aromatic carbocycles. The second-order valence-corrected chi connectivity index (χ2v) is 11.2. The zero-order chi connectivity index (χ0) is 40.6. The van der Waals surface area contributed by atoms with Gasteiger partial charge in [0.25, 0.3) is 0 Å². The lowest BCUT2D eigenvalue weighted by Crippen LogP contribution is -2.15. The molecule has 0 aromatic heterocycles. The van der Waals surface area contributed by atoms with Crippen LogP contribution in [-0.4, -0.2) is 23.9 Å². The molecule has 0 spiro atoms. The molecule has 0 amide bonds. The third-order valence-electron chi connectivity index (χ3n) is 7.60. The highest BCUT2D eigenvalue weighted by molar-refractivity contribution is 5.98. The van der Waals surface area contributed by atoms with E-state index in [1.807, 2.05) is 0 Å². The molecule has 0 heterocycles. The maximum atomic E-state index is 14.0. The van der Waals surface area contributed by atoms with Gasteiger partial charge in [-0.3, -0.25) is 0 Å². The number of hydrogen-bond donors (Lipinski definition) is 0. The molecule has 6 rings (SSSR count). The van der Waals surface area contributed by atoms with Gasteiger partial charge < -0.3 is 18.9 Å². The number of hydrogen-bond acceptors (Lipinski definition) is 8. The maximum Gasteiger partial charge on any atom is 0.343 e. The lowest BCUT2D eigenvalue weighted by molar-refractivity contribution is 0.0703. The number of carbonyl (C=O) groups is 4. The first-order valence-corrected chi connectivity index (χ1v) is 15.2. The molecule has 0 saturated carbocycles. The van der Waals surface area contributed by atoms with E-state index in [1.165, 1.54) is 48.5 Å². The normalized spacial score (nSPS) is 11.0. The quantitative estimate of drug-likeness (QED) is 0.0495. The van der Waals surface area contributed by atoms with Crippen molar-refractivity contribution in [2.75, 3.05) is 0 Å². The largest absolute Gasteiger partial charge is 0.423 e. The zero-order valence-electron chi connectivity index (χ0n) is 27.1. The van der Waals surface area contributed by atoms with Gasteiger partial charge in [-0.25, -0.2) is 45.5 Å². The molecular formula is C38H14F10O8. The van der Waals surface area contributed by atoms with E-state index in [2.05, 4.69) is 9.47 Å². The summed E-state index contributed by atoms with van der Waals surface area (Å²) in [6.07, 6.45) is 0. The molecule has 8 nitrogen and oxygen atoms in total. The average Bonchev–Trinajstić information content (AvgIpc) is 3.20. The van der Waals surface area contributed by atoms with Crippen molar-refractivity contribution in [2.45, 2.75) is 0 Å². The molecule has 0 fully saturated rings. The van der Waals surface area contributed by atoms with Gasteiger partial charge in [-0.15, -0.1) is 0 Å². The standard InChI is InChI=1S/C38H14F10O8/c39-23-25(41)29(45)33(30(46)26(23)42)55-37(51)18-5-1-3-16(11-18)35(49)53-21-9-7-15-8-10-22(14-20(15)13-21)54-36(50)17-4-2-6-19(12-17)38(52)56-34-31(47)27(43)24(40)28(44)32(34)48/h1-14H. The summed E-state index contributed by atoms with van der Waals surface area (Å²) in [5, 5.41) is 0.876. The third kappa shape index (κ3) is 7.43. The van der Waals surface area contributed by atoms with Crippen LogP contribution in [0.4, 0.5) is 43.9 Å². The molecule has 0 aliphatic rings. The number of benzene rings is 6. The molecule has 0 aliphatic heterocycles. The highest BCUT2D eigenvalue weighted by Crippen LogP contribution is 2.32. The fraction of sp³-hybridized carbons (Fsp3) is 0. The number of esters is 4. The van der Waals surface area contributed by atoms with Crippen LogP contribution in [0, 0.1) is 58.2 Å². The Morgan fingerprint density at radius 3 is 0.929 bits per heavy atom. The van der Waals surface area contributed by atoms with Crippen molar-refractivity contribution in [2.24, 2.45) is 0 Å². The van der Waals surface area contributed by atoms with E-state index in [-0.39, 0.29) is 22.6 Å².